The molecule has 4 nitrogen and oxygen atoms in total. The third-order valence-electron chi connectivity index (χ3n) is 9.06. The highest BCUT2D eigenvalue weighted by molar-refractivity contribution is 5.75. The topological polar surface area (TPSA) is 62.5 Å². The van der Waals surface area contributed by atoms with Crippen molar-refractivity contribution in [3.8, 4) is 40.0 Å². The van der Waals surface area contributed by atoms with Gasteiger partial charge < -0.3 is 0 Å². The van der Waals surface area contributed by atoms with E-state index in [2.05, 4.69) is 79.7 Å². The van der Waals surface area contributed by atoms with Gasteiger partial charge in [-0.1, -0.05) is 130 Å². The molecule has 0 unspecified atom stereocenters. The smallest absolute Gasteiger partial charge is 0.163 e. The number of nitrogens with zero attached hydrogens (tertiary/aromatic N) is 4. The number of rotatable bonds is 4. The molecule has 44 heavy (non-hydrogen) atoms. The molecule has 6 aromatic rings. The number of hydrogen-bond acceptors (Lipinski definition) is 4. The molecule has 4 heteroatoms. The molecule has 0 radical (unpaired) electrons. The van der Waals surface area contributed by atoms with Gasteiger partial charge in [0.25, 0.3) is 0 Å². The first-order valence-electron chi connectivity index (χ1n) is 15.2. The molecule has 0 fully saturated rings. The van der Waals surface area contributed by atoms with Crippen LogP contribution in [-0.4, -0.2) is 15.0 Å². The minimum absolute atomic E-state index is 0.131. The van der Waals surface area contributed by atoms with Crippen LogP contribution in [0.4, 0.5) is 0 Å². The number of benzene rings is 5. The van der Waals surface area contributed by atoms with Gasteiger partial charge in [-0.3, -0.25) is 0 Å². The second kappa shape index (κ2) is 10.7. The summed E-state index contributed by atoms with van der Waals surface area (Å²) in [4.78, 5) is 15.6. The Kier molecular flexibility index (Phi) is 6.67. The lowest BCUT2D eigenvalue weighted by Gasteiger charge is -2.31. The summed E-state index contributed by atoms with van der Waals surface area (Å²) in [7, 11) is 0. The molecule has 5 aromatic carbocycles. The van der Waals surface area contributed by atoms with Crippen LogP contribution in [0, 0.1) is 11.3 Å². The highest BCUT2D eigenvalue weighted by Crippen LogP contribution is 2.65. The summed E-state index contributed by atoms with van der Waals surface area (Å²) in [6.45, 7) is 6.35. The van der Waals surface area contributed by atoms with Crippen molar-refractivity contribution in [1.82, 2.24) is 15.0 Å². The van der Waals surface area contributed by atoms with E-state index in [1.165, 1.54) is 22.3 Å². The molecule has 1 aromatic heterocycles. The summed E-state index contributed by atoms with van der Waals surface area (Å²) in [6, 6.07) is 46.0. The lowest BCUT2D eigenvalue weighted by molar-refractivity contribution is 0.514. The monoisotopic (exact) mass is 568 g/mol. The fraction of sp³-hybridized carbons (Fsp3) is 0.150. The van der Waals surface area contributed by atoms with Crippen LogP contribution in [0.15, 0.2) is 127 Å². The van der Waals surface area contributed by atoms with E-state index in [1.54, 1.807) is 0 Å². The Morgan fingerprint density at radius 2 is 1.02 bits per heavy atom. The van der Waals surface area contributed by atoms with Crippen molar-refractivity contribution >= 4 is 0 Å². The molecule has 2 aliphatic carbocycles. The van der Waals surface area contributed by atoms with Crippen molar-refractivity contribution in [2.24, 2.45) is 0 Å². The summed E-state index contributed by atoms with van der Waals surface area (Å²) >= 11 is 0. The van der Waals surface area contributed by atoms with Crippen molar-refractivity contribution in [2.75, 3.05) is 0 Å². The molecule has 212 valence electrons. The first-order valence-corrected chi connectivity index (χ1v) is 15.2. The zero-order chi connectivity index (χ0) is 30.3. The van der Waals surface area contributed by atoms with Crippen LogP contribution in [0.5, 0.6) is 0 Å². The molecule has 0 N–H and O–H groups in total. The summed E-state index contributed by atoms with van der Waals surface area (Å²) in [5, 5.41) is 9.97. The molecular weight excluding hydrogens is 536 g/mol. The fourth-order valence-corrected chi connectivity index (χ4v) is 7.22. The Morgan fingerprint density at radius 1 is 0.545 bits per heavy atom. The predicted octanol–water partition coefficient (Wildman–Crippen LogP) is 9.13. The van der Waals surface area contributed by atoms with Crippen LogP contribution in [-0.2, 0) is 10.8 Å². The zero-order valence-electron chi connectivity index (χ0n) is 25.1. The molecular formula is C40H32N4. The van der Waals surface area contributed by atoms with Gasteiger partial charge in [-0.25, -0.2) is 15.0 Å². The normalized spacial score (nSPS) is 18.9. The van der Waals surface area contributed by atoms with Gasteiger partial charge in [-0.15, -0.1) is 0 Å². The third-order valence-corrected chi connectivity index (χ3v) is 9.06. The maximum absolute atomic E-state index is 9.97. The Hall–Kier alpha value is -5.40. The lowest BCUT2D eigenvalue weighted by atomic mass is 9.72. The number of nitriles is 1. The van der Waals surface area contributed by atoms with E-state index in [9.17, 15) is 5.26 Å². The zero-order valence-corrected chi connectivity index (χ0v) is 25.1. The molecule has 1 heterocycles. The first kappa shape index (κ1) is 27.4. The Morgan fingerprint density at radius 3 is 1.59 bits per heavy atom. The van der Waals surface area contributed by atoms with Crippen molar-refractivity contribution in [3.05, 3.63) is 161 Å². The number of hydrogen-bond donors (Lipinski definition) is 0. The molecule has 8 rings (SSSR count). The number of aromatic nitrogens is 3. The molecule has 0 aliphatic heterocycles. The average Bonchev–Trinajstić information content (AvgIpc) is 3.55. The van der Waals surface area contributed by atoms with Gasteiger partial charge in [-0.05, 0) is 58.0 Å². The van der Waals surface area contributed by atoms with E-state index >= 15 is 0 Å². The molecule has 0 saturated heterocycles. The van der Waals surface area contributed by atoms with E-state index in [0.717, 1.165) is 34.5 Å². The van der Waals surface area contributed by atoms with Gasteiger partial charge in [0, 0.05) is 16.5 Å². The van der Waals surface area contributed by atoms with Crippen LogP contribution in [0.1, 0.15) is 60.8 Å². The Balaban J connectivity index is 0.00000153. The number of fused-ring (bicyclic) bond motifs is 8. The van der Waals surface area contributed by atoms with Crippen LogP contribution in [0.2, 0.25) is 0 Å². The first-order chi connectivity index (χ1) is 21.6. The van der Waals surface area contributed by atoms with Gasteiger partial charge >= 0.3 is 0 Å². The molecule has 0 atom stereocenters. The second-order valence-electron chi connectivity index (χ2n) is 11.5. The average molecular weight is 569 g/mol. The van der Waals surface area contributed by atoms with Crippen molar-refractivity contribution < 1.29 is 0 Å². The van der Waals surface area contributed by atoms with E-state index in [4.69, 9.17) is 15.0 Å². The van der Waals surface area contributed by atoms with Crippen molar-refractivity contribution in [3.63, 3.8) is 0 Å². The largest absolute Gasteiger partial charge is 0.212 e. The second-order valence-corrected chi connectivity index (χ2v) is 11.5. The fourth-order valence-electron chi connectivity index (χ4n) is 7.22. The highest BCUT2D eigenvalue weighted by Gasteiger charge is 2.61. The molecule has 0 amide bonds. The molecule has 2 bridgehead atoms. The van der Waals surface area contributed by atoms with Crippen molar-refractivity contribution in [1.29, 1.82) is 5.26 Å². The standard InChI is InChI=1S/C38H26N4.C2H6/c1-37-24-38(32-18-10-8-16-30(32)37,33-19-11-9-17-31(33)37)36-41-34(27-14-6-3-7-15-27)40-35(42-36)29-21-25(23-39)20-28(22-29)26-12-4-2-5-13-26;1-2/h2-22H,24H2,1H3;1-2H3. The van der Waals surface area contributed by atoms with Gasteiger partial charge in [0.2, 0.25) is 0 Å². The Labute approximate surface area is 258 Å². The maximum atomic E-state index is 9.97. The van der Waals surface area contributed by atoms with Crippen LogP contribution in [0.25, 0.3) is 33.9 Å². The van der Waals surface area contributed by atoms with Gasteiger partial charge in [-0.2, -0.15) is 5.26 Å². The quantitative estimate of drug-likeness (QED) is 0.213. The van der Waals surface area contributed by atoms with Crippen LogP contribution < -0.4 is 0 Å². The highest BCUT2D eigenvalue weighted by atomic mass is 15.1. The summed E-state index contributed by atoms with van der Waals surface area (Å²) in [6.07, 6.45) is 0.865. The van der Waals surface area contributed by atoms with E-state index < -0.39 is 5.41 Å². The van der Waals surface area contributed by atoms with Gasteiger partial charge in [0.15, 0.2) is 11.6 Å². The van der Waals surface area contributed by atoms with Gasteiger partial charge in [0.05, 0.1) is 17.0 Å². The van der Waals surface area contributed by atoms with Crippen molar-refractivity contribution in [2.45, 2.75) is 38.0 Å². The lowest BCUT2D eigenvalue weighted by Crippen LogP contribution is -2.29. The van der Waals surface area contributed by atoms with E-state index in [-0.39, 0.29) is 5.41 Å². The van der Waals surface area contributed by atoms with Crippen LogP contribution >= 0.6 is 0 Å². The third kappa shape index (κ3) is 4.08. The maximum Gasteiger partial charge on any atom is 0.163 e. The SMILES string of the molecule is CC.CC12CC(c3nc(-c4ccccc4)nc(-c4cc(C#N)cc(-c5ccccc5)c4)n3)(c3ccccc31)c1ccccc12. The minimum atomic E-state index is -0.502. The summed E-state index contributed by atoms with van der Waals surface area (Å²) < 4.78 is 0. The Bertz CT molecular complexity index is 1990. The van der Waals surface area contributed by atoms with Crippen LogP contribution in [0.3, 0.4) is 0 Å². The summed E-state index contributed by atoms with van der Waals surface area (Å²) in [5.74, 6) is 1.94. The predicted molar refractivity (Wildman–Crippen MR) is 176 cm³/mol. The van der Waals surface area contributed by atoms with E-state index in [1.807, 2.05) is 74.5 Å². The summed E-state index contributed by atoms with van der Waals surface area (Å²) in [5.41, 5.74) is 8.85. The molecule has 2 aliphatic rings. The minimum Gasteiger partial charge on any atom is -0.212 e. The van der Waals surface area contributed by atoms with E-state index in [0.29, 0.717) is 17.2 Å². The molecule has 0 saturated carbocycles. The molecule has 0 spiro atoms. The van der Waals surface area contributed by atoms with Gasteiger partial charge in [0.1, 0.15) is 5.82 Å².